The molecule has 0 saturated carbocycles. The third-order valence-electron chi connectivity index (χ3n) is 5.28. The predicted molar refractivity (Wildman–Crippen MR) is 100 cm³/mol. The highest BCUT2D eigenvalue weighted by atomic mass is 14.6. The van der Waals surface area contributed by atoms with Crippen molar-refractivity contribution in [3.8, 4) is 6.07 Å². The van der Waals surface area contributed by atoms with Crippen LogP contribution in [0.5, 0.6) is 0 Å². The summed E-state index contributed by atoms with van der Waals surface area (Å²) in [4.78, 5) is 4.18. The molecule has 0 aliphatic carbocycles. The Morgan fingerprint density at radius 2 is 1.42 bits per heavy atom. The van der Waals surface area contributed by atoms with Crippen LogP contribution in [0.15, 0.2) is 42.7 Å². The van der Waals surface area contributed by atoms with Crippen LogP contribution >= 0.6 is 0 Å². The van der Waals surface area contributed by atoms with Crippen molar-refractivity contribution in [3.63, 3.8) is 0 Å². The number of hydrogen-bond acceptors (Lipinski definition) is 2. The van der Waals surface area contributed by atoms with Crippen molar-refractivity contribution in [2.75, 3.05) is 0 Å². The van der Waals surface area contributed by atoms with Gasteiger partial charge in [0, 0.05) is 17.8 Å². The molecule has 1 aromatic heterocycles. The number of pyridine rings is 1. The monoisotopic (exact) mass is 320 g/mol. The van der Waals surface area contributed by atoms with Gasteiger partial charge in [-0.25, -0.2) is 0 Å². The van der Waals surface area contributed by atoms with Crippen molar-refractivity contribution < 1.29 is 0 Å². The zero-order valence-electron chi connectivity index (χ0n) is 15.9. The van der Waals surface area contributed by atoms with E-state index in [4.69, 9.17) is 0 Å². The molecule has 0 fully saturated rings. The van der Waals surface area contributed by atoms with Gasteiger partial charge in [0.1, 0.15) is 0 Å². The van der Waals surface area contributed by atoms with Crippen LogP contribution in [0.25, 0.3) is 0 Å². The zero-order chi connectivity index (χ0) is 18.2. The lowest BCUT2D eigenvalue weighted by Gasteiger charge is -2.43. The summed E-state index contributed by atoms with van der Waals surface area (Å²) in [6.45, 7) is 15.6. The zero-order valence-corrected chi connectivity index (χ0v) is 15.9. The van der Waals surface area contributed by atoms with Crippen molar-refractivity contribution in [1.82, 2.24) is 4.98 Å². The normalized spacial score (nSPS) is 14.8. The van der Waals surface area contributed by atoms with Gasteiger partial charge in [-0.1, -0.05) is 60.6 Å². The summed E-state index contributed by atoms with van der Waals surface area (Å²) >= 11 is 0. The van der Waals surface area contributed by atoms with Crippen molar-refractivity contribution in [1.29, 1.82) is 5.26 Å². The average Bonchev–Trinajstić information content (AvgIpc) is 2.52. The van der Waals surface area contributed by atoms with E-state index in [1.807, 2.05) is 18.5 Å². The van der Waals surface area contributed by atoms with Crippen LogP contribution in [0, 0.1) is 16.7 Å². The molecule has 0 amide bonds. The summed E-state index contributed by atoms with van der Waals surface area (Å²) in [6.07, 6.45) is 3.71. The first-order valence-corrected chi connectivity index (χ1v) is 8.47. The molecule has 0 radical (unpaired) electrons. The first-order chi connectivity index (χ1) is 11.0. The highest BCUT2D eigenvalue weighted by molar-refractivity contribution is 5.49. The number of aromatic nitrogens is 1. The van der Waals surface area contributed by atoms with Crippen molar-refractivity contribution in [2.45, 2.75) is 59.3 Å². The Balaban J connectivity index is 2.77. The van der Waals surface area contributed by atoms with Crippen LogP contribution in [0.3, 0.4) is 0 Å². The Hall–Kier alpha value is -2.14. The Morgan fingerprint density at radius 1 is 0.833 bits per heavy atom. The highest BCUT2D eigenvalue weighted by Gasteiger charge is 2.41. The summed E-state index contributed by atoms with van der Waals surface area (Å²) in [5, 5.41) is 9.49. The SMILES string of the molecule is CC(C)(C)c1cc(C(C)(c2ccncc2)C(C)(C)C)ccc1C#N. The number of rotatable bonds is 2. The molecule has 1 aromatic carbocycles. The van der Waals surface area contributed by atoms with Crippen LogP contribution in [0.2, 0.25) is 0 Å². The molecule has 0 N–H and O–H groups in total. The lowest BCUT2D eigenvalue weighted by molar-refractivity contribution is 0.249. The van der Waals surface area contributed by atoms with E-state index < -0.39 is 0 Å². The molecule has 0 aliphatic heterocycles. The second-order valence-corrected chi connectivity index (χ2v) is 8.73. The minimum absolute atomic E-state index is 0.0116. The molecule has 1 unspecified atom stereocenters. The van der Waals surface area contributed by atoms with Crippen LogP contribution < -0.4 is 0 Å². The maximum absolute atomic E-state index is 9.49. The van der Waals surface area contributed by atoms with Crippen molar-refractivity contribution >= 4 is 0 Å². The molecule has 1 heterocycles. The van der Waals surface area contributed by atoms with E-state index in [0.29, 0.717) is 0 Å². The smallest absolute Gasteiger partial charge is 0.0994 e. The van der Waals surface area contributed by atoms with Gasteiger partial charge in [-0.3, -0.25) is 4.98 Å². The van der Waals surface area contributed by atoms with Gasteiger partial charge in [-0.05, 0) is 45.7 Å². The van der Waals surface area contributed by atoms with Gasteiger partial charge in [-0.2, -0.15) is 5.26 Å². The first-order valence-electron chi connectivity index (χ1n) is 8.47. The maximum atomic E-state index is 9.49. The lowest BCUT2D eigenvalue weighted by Crippen LogP contribution is -2.38. The standard InChI is InChI=1S/C22H28N2/c1-20(2,3)19-14-18(9-8-16(19)15-23)22(7,21(4,5)6)17-10-12-24-13-11-17/h8-14H,1-7H3. The molecule has 2 heteroatoms. The molecule has 2 nitrogen and oxygen atoms in total. The first kappa shape index (κ1) is 18.2. The Bertz CT molecular complexity index is 755. The van der Waals surface area contributed by atoms with E-state index in [2.05, 4.69) is 83.8 Å². The summed E-state index contributed by atoms with van der Waals surface area (Å²) in [7, 11) is 0. The quantitative estimate of drug-likeness (QED) is 0.722. The molecule has 0 aliphatic rings. The Morgan fingerprint density at radius 3 is 1.88 bits per heavy atom. The second-order valence-electron chi connectivity index (χ2n) is 8.73. The summed E-state index contributed by atoms with van der Waals surface area (Å²) < 4.78 is 0. The van der Waals surface area contributed by atoms with E-state index in [1.165, 1.54) is 11.1 Å². The van der Waals surface area contributed by atoms with Crippen LogP contribution in [0.4, 0.5) is 0 Å². The Kier molecular flexibility index (Phi) is 4.59. The van der Waals surface area contributed by atoms with Crippen LogP contribution in [-0.4, -0.2) is 4.98 Å². The molecule has 1 atom stereocenters. The largest absolute Gasteiger partial charge is 0.265 e. The van der Waals surface area contributed by atoms with Crippen molar-refractivity contribution in [2.24, 2.45) is 5.41 Å². The summed E-state index contributed by atoms with van der Waals surface area (Å²) in [5.41, 5.74) is 4.11. The van der Waals surface area contributed by atoms with Gasteiger partial charge >= 0.3 is 0 Å². The Labute approximate surface area is 146 Å². The van der Waals surface area contributed by atoms with Gasteiger partial charge in [-0.15, -0.1) is 0 Å². The predicted octanol–water partition coefficient (Wildman–Crippen LogP) is 5.60. The number of benzene rings is 1. The molecular formula is C22H28N2. The molecule has 24 heavy (non-hydrogen) atoms. The maximum Gasteiger partial charge on any atom is 0.0994 e. The van der Waals surface area contributed by atoms with E-state index in [0.717, 1.165) is 11.1 Å². The third-order valence-corrected chi connectivity index (χ3v) is 5.28. The summed E-state index contributed by atoms with van der Waals surface area (Å²) in [5.74, 6) is 0. The molecule has 0 bridgehead atoms. The fourth-order valence-corrected chi connectivity index (χ4v) is 3.29. The molecule has 0 saturated heterocycles. The number of nitriles is 1. The lowest BCUT2D eigenvalue weighted by atomic mass is 9.60. The van der Waals surface area contributed by atoms with E-state index in [1.54, 1.807) is 0 Å². The van der Waals surface area contributed by atoms with Crippen molar-refractivity contribution in [3.05, 3.63) is 65.0 Å². The summed E-state index contributed by atoms with van der Waals surface area (Å²) in [6, 6.07) is 12.9. The second kappa shape index (κ2) is 6.06. The molecule has 2 rings (SSSR count). The van der Waals surface area contributed by atoms with Gasteiger partial charge < -0.3 is 0 Å². The van der Waals surface area contributed by atoms with Crippen LogP contribution in [0.1, 0.15) is 70.7 Å². The van der Waals surface area contributed by atoms with Gasteiger partial charge in [0.05, 0.1) is 11.6 Å². The molecular weight excluding hydrogens is 292 g/mol. The third kappa shape index (κ3) is 3.08. The molecule has 0 spiro atoms. The van der Waals surface area contributed by atoms with Gasteiger partial charge in [0.25, 0.3) is 0 Å². The number of hydrogen-bond donors (Lipinski definition) is 0. The van der Waals surface area contributed by atoms with E-state index in [-0.39, 0.29) is 16.2 Å². The van der Waals surface area contributed by atoms with E-state index >= 15 is 0 Å². The fourth-order valence-electron chi connectivity index (χ4n) is 3.29. The van der Waals surface area contributed by atoms with E-state index in [9.17, 15) is 5.26 Å². The number of nitrogens with zero attached hydrogens (tertiary/aromatic N) is 2. The fraction of sp³-hybridized carbons (Fsp3) is 0.455. The highest BCUT2D eigenvalue weighted by Crippen LogP contribution is 2.47. The van der Waals surface area contributed by atoms with Gasteiger partial charge in [0.15, 0.2) is 0 Å². The topological polar surface area (TPSA) is 36.7 Å². The molecule has 126 valence electrons. The minimum Gasteiger partial charge on any atom is -0.265 e. The minimum atomic E-state index is -0.177. The van der Waals surface area contributed by atoms with Crippen LogP contribution in [-0.2, 0) is 10.8 Å². The molecule has 2 aromatic rings. The van der Waals surface area contributed by atoms with Gasteiger partial charge in [0.2, 0.25) is 0 Å². The average molecular weight is 320 g/mol.